The number of ether oxygens (including phenoxy) is 2. The van der Waals surface area contributed by atoms with E-state index in [1.807, 2.05) is 0 Å². The van der Waals surface area contributed by atoms with Crippen molar-refractivity contribution in [1.29, 1.82) is 0 Å². The largest absolute Gasteiger partial charge is 0.461 e. The molecule has 2 saturated heterocycles. The molecule has 0 N–H and O–H groups in total. The molecule has 0 aromatic heterocycles. The zero-order chi connectivity index (χ0) is 13.5. The van der Waals surface area contributed by atoms with Crippen molar-refractivity contribution in [1.82, 2.24) is 4.90 Å². The summed E-state index contributed by atoms with van der Waals surface area (Å²) in [6, 6.07) is 0. The van der Waals surface area contributed by atoms with Crippen LogP contribution in [0.4, 0.5) is 0 Å². The molecule has 2 aliphatic rings. The Morgan fingerprint density at radius 1 is 1.21 bits per heavy atom. The van der Waals surface area contributed by atoms with Crippen molar-refractivity contribution in [2.75, 3.05) is 32.8 Å². The van der Waals surface area contributed by atoms with Crippen molar-refractivity contribution in [3.8, 4) is 0 Å². The lowest BCUT2D eigenvalue weighted by molar-refractivity contribution is -0.145. The third kappa shape index (κ3) is 4.77. The Labute approximate surface area is 116 Å². The average molecular weight is 269 g/mol. The monoisotopic (exact) mass is 269 g/mol. The molecule has 2 heterocycles. The fraction of sp³-hybridized carbons (Fsp3) is 0.933. The van der Waals surface area contributed by atoms with Crippen LogP contribution in [0.2, 0.25) is 0 Å². The van der Waals surface area contributed by atoms with Crippen molar-refractivity contribution < 1.29 is 14.3 Å². The zero-order valence-corrected chi connectivity index (χ0v) is 12.1. The molecule has 4 nitrogen and oxygen atoms in total. The number of rotatable bonds is 7. The van der Waals surface area contributed by atoms with Crippen LogP contribution < -0.4 is 0 Å². The SMILES string of the molecule is CCCCCC[C@H]1C[C@H](CN2CCOCC2)OC1=O. The van der Waals surface area contributed by atoms with Crippen LogP contribution in [0.1, 0.15) is 45.4 Å². The number of cyclic esters (lactones) is 1. The molecule has 2 fully saturated rings. The van der Waals surface area contributed by atoms with E-state index in [9.17, 15) is 4.79 Å². The molecule has 2 rings (SSSR count). The molecule has 0 amide bonds. The van der Waals surface area contributed by atoms with Gasteiger partial charge in [0.05, 0.1) is 19.1 Å². The van der Waals surface area contributed by atoms with Gasteiger partial charge in [0.1, 0.15) is 6.10 Å². The Morgan fingerprint density at radius 3 is 2.74 bits per heavy atom. The molecule has 0 bridgehead atoms. The van der Waals surface area contributed by atoms with Gasteiger partial charge in [0.15, 0.2) is 0 Å². The smallest absolute Gasteiger partial charge is 0.309 e. The molecule has 4 heteroatoms. The Hall–Kier alpha value is -0.610. The number of morpholine rings is 1. The van der Waals surface area contributed by atoms with E-state index < -0.39 is 0 Å². The number of esters is 1. The van der Waals surface area contributed by atoms with Crippen LogP contribution in [0.5, 0.6) is 0 Å². The molecule has 0 aliphatic carbocycles. The molecule has 19 heavy (non-hydrogen) atoms. The quantitative estimate of drug-likeness (QED) is 0.525. The second-order valence-corrected chi connectivity index (χ2v) is 5.75. The lowest BCUT2D eigenvalue weighted by Crippen LogP contribution is -2.40. The molecule has 0 aromatic rings. The number of hydrogen-bond donors (Lipinski definition) is 0. The topological polar surface area (TPSA) is 38.8 Å². The minimum atomic E-state index is 0.0368. The summed E-state index contributed by atoms with van der Waals surface area (Å²) in [7, 11) is 0. The van der Waals surface area contributed by atoms with Gasteiger partial charge in [0.2, 0.25) is 0 Å². The van der Waals surface area contributed by atoms with Crippen LogP contribution in [-0.2, 0) is 14.3 Å². The minimum Gasteiger partial charge on any atom is -0.461 e. The fourth-order valence-electron chi connectivity index (χ4n) is 2.96. The van der Waals surface area contributed by atoms with Crippen LogP contribution in [0, 0.1) is 5.92 Å². The summed E-state index contributed by atoms with van der Waals surface area (Å²) < 4.78 is 10.8. The van der Waals surface area contributed by atoms with Gasteiger partial charge >= 0.3 is 5.97 Å². The molecular weight excluding hydrogens is 242 g/mol. The van der Waals surface area contributed by atoms with Gasteiger partial charge in [-0.2, -0.15) is 0 Å². The van der Waals surface area contributed by atoms with Gasteiger partial charge in [0.25, 0.3) is 0 Å². The molecule has 0 unspecified atom stereocenters. The van der Waals surface area contributed by atoms with Gasteiger partial charge in [-0.15, -0.1) is 0 Å². The van der Waals surface area contributed by atoms with E-state index in [1.54, 1.807) is 0 Å². The molecule has 2 aliphatic heterocycles. The highest BCUT2D eigenvalue weighted by Crippen LogP contribution is 2.27. The Kier molecular flexibility index (Phi) is 6.11. The Balaban J connectivity index is 1.66. The second-order valence-electron chi connectivity index (χ2n) is 5.75. The van der Waals surface area contributed by atoms with E-state index in [0.717, 1.165) is 52.1 Å². The summed E-state index contributed by atoms with van der Waals surface area (Å²) >= 11 is 0. The maximum atomic E-state index is 11.8. The van der Waals surface area contributed by atoms with Gasteiger partial charge in [-0.3, -0.25) is 9.69 Å². The summed E-state index contributed by atoms with van der Waals surface area (Å²) in [6.45, 7) is 6.65. The van der Waals surface area contributed by atoms with Crippen LogP contribution in [0.3, 0.4) is 0 Å². The normalized spacial score (nSPS) is 28.6. The van der Waals surface area contributed by atoms with E-state index in [0.29, 0.717) is 0 Å². The molecule has 0 radical (unpaired) electrons. The number of carbonyl (C=O) groups is 1. The summed E-state index contributed by atoms with van der Waals surface area (Å²) in [5.74, 6) is 0.192. The first-order valence-electron chi connectivity index (χ1n) is 7.80. The highest BCUT2D eigenvalue weighted by molar-refractivity contribution is 5.74. The maximum Gasteiger partial charge on any atom is 0.309 e. The third-order valence-electron chi connectivity index (χ3n) is 4.14. The van der Waals surface area contributed by atoms with Crippen LogP contribution in [0.15, 0.2) is 0 Å². The van der Waals surface area contributed by atoms with E-state index in [1.165, 1.54) is 19.3 Å². The third-order valence-corrected chi connectivity index (χ3v) is 4.14. The van der Waals surface area contributed by atoms with Crippen molar-refractivity contribution in [3.63, 3.8) is 0 Å². The first kappa shape index (κ1) is 14.8. The lowest BCUT2D eigenvalue weighted by Gasteiger charge is -2.28. The van der Waals surface area contributed by atoms with Crippen LogP contribution >= 0.6 is 0 Å². The van der Waals surface area contributed by atoms with Crippen LogP contribution in [0.25, 0.3) is 0 Å². The van der Waals surface area contributed by atoms with Crippen molar-refractivity contribution in [2.45, 2.75) is 51.6 Å². The van der Waals surface area contributed by atoms with Crippen molar-refractivity contribution >= 4 is 5.97 Å². The number of hydrogen-bond acceptors (Lipinski definition) is 4. The van der Waals surface area contributed by atoms with Gasteiger partial charge < -0.3 is 9.47 Å². The number of nitrogens with zero attached hydrogens (tertiary/aromatic N) is 1. The highest BCUT2D eigenvalue weighted by atomic mass is 16.6. The molecule has 0 aromatic carbocycles. The fourth-order valence-corrected chi connectivity index (χ4v) is 2.96. The first-order valence-corrected chi connectivity index (χ1v) is 7.80. The van der Waals surface area contributed by atoms with Gasteiger partial charge in [-0.25, -0.2) is 0 Å². The van der Waals surface area contributed by atoms with Gasteiger partial charge in [-0.1, -0.05) is 32.6 Å². The summed E-state index contributed by atoms with van der Waals surface area (Å²) in [4.78, 5) is 14.2. The second kappa shape index (κ2) is 7.85. The molecule has 2 atom stereocenters. The Bertz CT molecular complexity index is 277. The minimum absolute atomic E-state index is 0.0368. The van der Waals surface area contributed by atoms with E-state index >= 15 is 0 Å². The maximum absolute atomic E-state index is 11.8. The number of unbranched alkanes of at least 4 members (excludes halogenated alkanes) is 3. The predicted molar refractivity (Wildman–Crippen MR) is 74.0 cm³/mol. The zero-order valence-electron chi connectivity index (χ0n) is 12.1. The first-order chi connectivity index (χ1) is 9.29. The summed E-state index contributed by atoms with van der Waals surface area (Å²) in [5.41, 5.74) is 0. The standard InChI is InChI=1S/C15H27NO3/c1-2-3-4-5-6-13-11-14(19-15(13)17)12-16-7-9-18-10-8-16/h13-14H,2-12H2,1H3/t13-,14+/m0/s1. The summed E-state index contributed by atoms with van der Waals surface area (Å²) in [5, 5.41) is 0. The number of carbonyl (C=O) groups excluding carboxylic acids is 1. The van der Waals surface area contributed by atoms with E-state index in [2.05, 4.69) is 11.8 Å². The lowest BCUT2D eigenvalue weighted by atomic mass is 9.97. The van der Waals surface area contributed by atoms with Gasteiger partial charge in [-0.05, 0) is 12.8 Å². The van der Waals surface area contributed by atoms with Crippen molar-refractivity contribution in [3.05, 3.63) is 0 Å². The molecular formula is C15H27NO3. The van der Waals surface area contributed by atoms with E-state index in [4.69, 9.17) is 9.47 Å². The van der Waals surface area contributed by atoms with Gasteiger partial charge in [0, 0.05) is 19.6 Å². The average Bonchev–Trinajstić information content (AvgIpc) is 2.76. The Morgan fingerprint density at radius 2 is 2.00 bits per heavy atom. The summed E-state index contributed by atoms with van der Waals surface area (Å²) in [6.07, 6.45) is 6.97. The predicted octanol–water partition coefficient (Wildman–Crippen LogP) is 2.22. The van der Waals surface area contributed by atoms with Crippen LogP contribution in [-0.4, -0.2) is 49.8 Å². The molecule has 110 valence electrons. The highest BCUT2D eigenvalue weighted by Gasteiger charge is 2.34. The van der Waals surface area contributed by atoms with E-state index in [-0.39, 0.29) is 18.0 Å². The van der Waals surface area contributed by atoms with Crippen molar-refractivity contribution in [2.24, 2.45) is 5.92 Å². The molecule has 0 spiro atoms. The molecule has 0 saturated carbocycles.